The molecule has 1 N–H and O–H groups in total. The van der Waals surface area contributed by atoms with Crippen LogP contribution in [0.4, 0.5) is 10.1 Å². The van der Waals surface area contributed by atoms with E-state index in [4.69, 9.17) is 5.26 Å². The zero-order valence-corrected chi connectivity index (χ0v) is 17.7. The first-order valence-electron chi connectivity index (χ1n) is 10.7. The van der Waals surface area contributed by atoms with E-state index in [9.17, 15) is 9.18 Å². The minimum absolute atomic E-state index is 0.122. The van der Waals surface area contributed by atoms with E-state index >= 15 is 0 Å². The van der Waals surface area contributed by atoms with E-state index in [1.807, 2.05) is 54.6 Å². The molecule has 32 heavy (non-hydrogen) atoms. The molecule has 1 heterocycles. The van der Waals surface area contributed by atoms with Crippen molar-refractivity contribution in [3.05, 3.63) is 101 Å². The highest BCUT2D eigenvalue weighted by Crippen LogP contribution is 2.25. The number of benzene rings is 3. The number of piperazine rings is 1. The summed E-state index contributed by atoms with van der Waals surface area (Å²) in [6, 6.07) is 25.0. The van der Waals surface area contributed by atoms with Gasteiger partial charge in [-0.3, -0.25) is 14.6 Å². The van der Waals surface area contributed by atoms with Gasteiger partial charge >= 0.3 is 0 Å². The quantitative estimate of drug-likeness (QED) is 0.640. The lowest BCUT2D eigenvalue weighted by molar-refractivity contribution is -0.122. The minimum Gasteiger partial charge on any atom is -0.324 e. The number of halogens is 1. The first kappa shape index (κ1) is 21.7. The Hall–Kier alpha value is -3.53. The third-order valence-electron chi connectivity index (χ3n) is 5.74. The fourth-order valence-corrected chi connectivity index (χ4v) is 4.03. The van der Waals surface area contributed by atoms with Crippen molar-refractivity contribution in [3.63, 3.8) is 0 Å². The van der Waals surface area contributed by atoms with Crippen LogP contribution in [0.1, 0.15) is 22.7 Å². The molecule has 162 valence electrons. The first-order valence-corrected chi connectivity index (χ1v) is 10.7. The molecule has 1 amide bonds. The third-order valence-corrected chi connectivity index (χ3v) is 5.74. The highest BCUT2D eigenvalue weighted by Gasteiger charge is 2.30. The van der Waals surface area contributed by atoms with Crippen molar-refractivity contribution < 1.29 is 9.18 Å². The predicted octanol–water partition coefficient (Wildman–Crippen LogP) is 4.19. The van der Waals surface area contributed by atoms with Crippen LogP contribution in [0, 0.1) is 17.1 Å². The molecule has 4 rings (SSSR count). The molecule has 5 nitrogen and oxygen atoms in total. The molecule has 0 aliphatic carbocycles. The van der Waals surface area contributed by atoms with Crippen molar-refractivity contribution in [2.45, 2.75) is 12.6 Å². The van der Waals surface area contributed by atoms with Gasteiger partial charge in [0.15, 0.2) is 0 Å². The number of amides is 1. The van der Waals surface area contributed by atoms with Gasteiger partial charge in [-0.15, -0.1) is 0 Å². The first-order chi connectivity index (χ1) is 15.6. The van der Waals surface area contributed by atoms with Crippen molar-refractivity contribution in [2.24, 2.45) is 0 Å². The van der Waals surface area contributed by atoms with E-state index in [0.29, 0.717) is 11.3 Å². The number of nitrogens with one attached hydrogen (secondary N) is 1. The molecule has 6 heteroatoms. The average molecular weight is 429 g/mol. The Bertz CT molecular complexity index is 1070. The van der Waals surface area contributed by atoms with Gasteiger partial charge in [-0.05, 0) is 47.5 Å². The minimum atomic E-state index is -0.418. The van der Waals surface area contributed by atoms with Crippen LogP contribution < -0.4 is 5.32 Å². The van der Waals surface area contributed by atoms with Crippen molar-refractivity contribution in [1.82, 2.24) is 9.80 Å². The van der Waals surface area contributed by atoms with Crippen LogP contribution in [0.5, 0.6) is 0 Å². The standard InChI is InChI=1S/C26H25FN4O/c27-23-10-12-24(13-11-23)29-26(32)25(22-4-2-1-3-5-22)31-16-14-30(15-17-31)19-21-8-6-20(18-28)7-9-21/h1-13,25H,14-17,19H2,(H,29,32)/t25-/m0/s1. The molecule has 1 aliphatic heterocycles. The Morgan fingerprint density at radius 3 is 2.22 bits per heavy atom. The molecule has 0 spiro atoms. The molecule has 0 saturated carbocycles. The largest absolute Gasteiger partial charge is 0.324 e. The molecule has 1 saturated heterocycles. The Morgan fingerprint density at radius 2 is 1.59 bits per heavy atom. The van der Waals surface area contributed by atoms with Crippen LogP contribution in [-0.2, 0) is 11.3 Å². The monoisotopic (exact) mass is 428 g/mol. The normalized spacial score (nSPS) is 15.6. The lowest BCUT2D eigenvalue weighted by Crippen LogP contribution is -2.49. The number of nitriles is 1. The van der Waals surface area contributed by atoms with Crippen molar-refractivity contribution in [2.75, 3.05) is 31.5 Å². The van der Waals surface area contributed by atoms with Crippen LogP contribution in [0.25, 0.3) is 0 Å². The topological polar surface area (TPSA) is 59.4 Å². The Labute approximate surface area is 187 Å². The van der Waals surface area contributed by atoms with Crippen LogP contribution in [-0.4, -0.2) is 41.9 Å². The van der Waals surface area contributed by atoms with Crippen LogP contribution in [0.2, 0.25) is 0 Å². The molecule has 0 aromatic heterocycles. The summed E-state index contributed by atoms with van der Waals surface area (Å²) in [5.41, 5.74) is 3.35. The number of nitrogens with zero attached hydrogens (tertiary/aromatic N) is 3. The lowest BCUT2D eigenvalue weighted by Gasteiger charge is -2.38. The van der Waals surface area contributed by atoms with E-state index in [1.165, 1.54) is 17.7 Å². The van der Waals surface area contributed by atoms with E-state index < -0.39 is 6.04 Å². The lowest BCUT2D eigenvalue weighted by atomic mass is 10.0. The van der Waals surface area contributed by atoms with Gasteiger partial charge in [-0.1, -0.05) is 42.5 Å². The fourth-order valence-electron chi connectivity index (χ4n) is 4.03. The van der Waals surface area contributed by atoms with Crippen LogP contribution in [0.3, 0.4) is 0 Å². The van der Waals surface area contributed by atoms with Gasteiger partial charge in [0, 0.05) is 38.4 Å². The molecule has 0 bridgehead atoms. The number of carbonyl (C=O) groups is 1. The molecule has 0 unspecified atom stereocenters. The molecule has 0 radical (unpaired) electrons. The van der Waals surface area contributed by atoms with E-state index in [1.54, 1.807) is 12.1 Å². The maximum absolute atomic E-state index is 13.2. The number of hydrogen-bond donors (Lipinski definition) is 1. The van der Waals surface area contributed by atoms with Gasteiger partial charge in [0.05, 0.1) is 11.6 Å². The number of hydrogen-bond acceptors (Lipinski definition) is 4. The Balaban J connectivity index is 1.43. The summed E-state index contributed by atoms with van der Waals surface area (Å²) in [4.78, 5) is 17.8. The average Bonchev–Trinajstić information content (AvgIpc) is 2.83. The van der Waals surface area contributed by atoms with Gasteiger partial charge in [-0.2, -0.15) is 5.26 Å². The highest BCUT2D eigenvalue weighted by atomic mass is 19.1. The van der Waals surface area contributed by atoms with Crippen molar-refractivity contribution in [3.8, 4) is 6.07 Å². The second-order valence-electron chi connectivity index (χ2n) is 7.93. The van der Waals surface area contributed by atoms with Gasteiger partial charge < -0.3 is 5.32 Å². The second-order valence-corrected chi connectivity index (χ2v) is 7.93. The maximum Gasteiger partial charge on any atom is 0.246 e. The molecule has 3 aromatic carbocycles. The van der Waals surface area contributed by atoms with Gasteiger partial charge in [0.2, 0.25) is 5.91 Å². The summed E-state index contributed by atoms with van der Waals surface area (Å²) < 4.78 is 13.2. The maximum atomic E-state index is 13.2. The molecular weight excluding hydrogens is 403 g/mol. The smallest absolute Gasteiger partial charge is 0.246 e. The summed E-state index contributed by atoms with van der Waals surface area (Å²) in [5, 5.41) is 11.9. The zero-order chi connectivity index (χ0) is 22.3. The molecule has 3 aromatic rings. The van der Waals surface area contributed by atoms with Crippen molar-refractivity contribution >= 4 is 11.6 Å². The van der Waals surface area contributed by atoms with E-state index in [0.717, 1.165) is 38.3 Å². The number of anilines is 1. The molecule has 1 aliphatic rings. The fraction of sp³-hybridized carbons (Fsp3) is 0.231. The predicted molar refractivity (Wildman–Crippen MR) is 122 cm³/mol. The molecule has 1 atom stereocenters. The summed E-state index contributed by atoms with van der Waals surface area (Å²) in [5.74, 6) is -0.454. The number of carbonyl (C=O) groups excluding carboxylic acids is 1. The van der Waals surface area contributed by atoms with E-state index in [-0.39, 0.29) is 11.7 Å². The van der Waals surface area contributed by atoms with Crippen LogP contribution in [0.15, 0.2) is 78.9 Å². The van der Waals surface area contributed by atoms with Gasteiger partial charge in [-0.25, -0.2) is 4.39 Å². The molecule has 1 fully saturated rings. The summed E-state index contributed by atoms with van der Waals surface area (Å²) >= 11 is 0. The Morgan fingerprint density at radius 1 is 0.938 bits per heavy atom. The molecular formula is C26H25FN4O. The van der Waals surface area contributed by atoms with Gasteiger partial charge in [0.1, 0.15) is 11.9 Å². The van der Waals surface area contributed by atoms with E-state index in [2.05, 4.69) is 21.2 Å². The highest BCUT2D eigenvalue weighted by molar-refractivity contribution is 5.95. The van der Waals surface area contributed by atoms with Crippen molar-refractivity contribution in [1.29, 1.82) is 5.26 Å². The van der Waals surface area contributed by atoms with Crippen LogP contribution >= 0.6 is 0 Å². The van der Waals surface area contributed by atoms with Gasteiger partial charge in [0.25, 0.3) is 0 Å². The Kier molecular flexibility index (Phi) is 6.90. The zero-order valence-electron chi connectivity index (χ0n) is 17.7. The number of rotatable bonds is 6. The summed E-state index contributed by atoms with van der Waals surface area (Å²) in [7, 11) is 0. The summed E-state index contributed by atoms with van der Waals surface area (Å²) in [6.45, 7) is 4.01. The SMILES string of the molecule is N#Cc1ccc(CN2CCN([C@H](C(=O)Nc3ccc(F)cc3)c3ccccc3)CC2)cc1. The third kappa shape index (κ3) is 5.38. The second kappa shape index (κ2) is 10.2. The summed E-state index contributed by atoms with van der Waals surface area (Å²) in [6.07, 6.45) is 0.